The van der Waals surface area contributed by atoms with Gasteiger partial charge in [0.05, 0.1) is 24.4 Å². The molecule has 0 radical (unpaired) electrons. The van der Waals surface area contributed by atoms with E-state index in [0.717, 1.165) is 6.07 Å². The SMILES string of the molecule is BC1(B)OC2CN(C(=O)c3ccc(OCCOC(F)(F)F)c(C)n3)CCC2(c2cc(F)cc(F)c2)O1. The van der Waals surface area contributed by atoms with Crippen molar-refractivity contribution in [3.63, 3.8) is 0 Å². The molecule has 0 bridgehead atoms. The molecule has 3 heterocycles. The van der Waals surface area contributed by atoms with Crippen LogP contribution in [0.25, 0.3) is 0 Å². The third-order valence-electron chi connectivity index (χ3n) is 6.01. The fraction of sp³-hybridized carbons (Fsp3) is 0.455. The summed E-state index contributed by atoms with van der Waals surface area (Å²) in [6.45, 7) is 0.828. The molecule has 7 nitrogen and oxygen atoms in total. The number of ether oxygens (including phenoxy) is 4. The van der Waals surface area contributed by atoms with E-state index in [1.165, 1.54) is 29.2 Å². The second kappa shape index (κ2) is 9.64. The molecule has 2 aliphatic heterocycles. The Labute approximate surface area is 205 Å². The largest absolute Gasteiger partial charge is 0.522 e. The van der Waals surface area contributed by atoms with Crippen LogP contribution >= 0.6 is 0 Å². The first-order valence-corrected chi connectivity index (χ1v) is 11.2. The zero-order valence-electron chi connectivity index (χ0n) is 19.8. The van der Waals surface area contributed by atoms with Gasteiger partial charge in [-0.1, -0.05) is 0 Å². The van der Waals surface area contributed by atoms with Gasteiger partial charge in [0.1, 0.15) is 41.4 Å². The highest BCUT2D eigenvalue weighted by molar-refractivity contribution is 6.38. The van der Waals surface area contributed by atoms with Crippen LogP contribution in [0, 0.1) is 18.6 Å². The van der Waals surface area contributed by atoms with Crippen molar-refractivity contribution in [3.8, 4) is 5.75 Å². The number of likely N-dealkylation sites (tertiary alicyclic amines) is 1. The molecule has 1 aromatic heterocycles. The van der Waals surface area contributed by atoms with Crippen LogP contribution in [0.4, 0.5) is 22.0 Å². The number of hydrogen-bond donors (Lipinski definition) is 0. The van der Waals surface area contributed by atoms with Gasteiger partial charge in [0.2, 0.25) is 0 Å². The third-order valence-corrected chi connectivity index (χ3v) is 6.01. The Bertz CT molecular complexity index is 1130. The highest BCUT2D eigenvalue weighted by Gasteiger charge is 2.56. The van der Waals surface area contributed by atoms with Crippen LogP contribution in [0.15, 0.2) is 30.3 Å². The van der Waals surface area contributed by atoms with E-state index in [2.05, 4.69) is 9.72 Å². The predicted octanol–water partition coefficient (Wildman–Crippen LogP) is 1.62. The molecule has 2 unspecified atom stereocenters. The van der Waals surface area contributed by atoms with Crippen LogP contribution in [-0.2, 0) is 19.8 Å². The fourth-order valence-corrected chi connectivity index (χ4v) is 4.62. The lowest BCUT2D eigenvalue weighted by Crippen LogP contribution is -2.53. The van der Waals surface area contributed by atoms with Gasteiger partial charge in [-0.3, -0.25) is 9.53 Å². The number of aryl methyl sites for hydroxylation is 1. The first kappa shape index (κ1) is 26.4. The van der Waals surface area contributed by atoms with Crippen LogP contribution in [0.3, 0.4) is 0 Å². The molecule has 4 rings (SSSR count). The maximum absolute atomic E-state index is 14.0. The van der Waals surface area contributed by atoms with Gasteiger partial charge in [-0.2, -0.15) is 0 Å². The molecule has 2 aromatic rings. The Kier molecular flexibility index (Phi) is 7.06. The summed E-state index contributed by atoms with van der Waals surface area (Å²) in [7, 11) is 3.39. The van der Waals surface area contributed by atoms with Gasteiger partial charge in [-0.25, -0.2) is 13.8 Å². The van der Waals surface area contributed by atoms with E-state index < -0.39 is 47.8 Å². The Balaban J connectivity index is 1.47. The van der Waals surface area contributed by atoms with Gasteiger partial charge >= 0.3 is 6.36 Å². The van der Waals surface area contributed by atoms with Crippen molar-refractivity contribution in [2.45, 2.75) is 37.0 Å². The number of amides is 1. The summed E-state index contributed by atoms with van der Waals surface area (Å²) in [6.07, 6.45) is -5.20. The lowest BCUT2D eigenvalue weighted by atomic mass is 9.76. The smallest absolute Gasteiger partial charge is 0.489 e. The molecule has 2 atom stereocenters. The van der Waals surface area contributed by atoms with E-state index in [0.29, 0.717) is 11.3 Å². The number of carbonyl (C=O) groups is 1. The average Bonchev–Trinajstić information content (AvgIpc) is 3.06. The second-order valence-corrected chi connectivity index (χ2v) is 9.08. The molecular formula is C22H23B2F5N2O5. The number of fused-ring (bicyclic) bond motifs is 1. The number of aromatic nitrogens is 1. The van der Waals surface area contributed by atoms with Gasteiger partial charge in [0.15, 0.2) is 15.7 Å². The number of nitrogens with zero attached hydrogens (tertiary/aromatic N) is 2. The van der Waals surface area contributed by atoms with E-state index in [4.69, 9.17) is 14.2 Å². The number of halogens is 5. The van der Waals surface area contributed by atoms with Crippen molar-refractivity contribution in [3.05, 3.63) is 58.9 Å². The summed E-state index contributed by atoms with van der Waals surface area (Å²) < 4.78 is 85.4. The van der Waals surface area contributed by atoms with Crippen LogP contribution in [0.1, 0.15) is 28.2 Å². The molecular weight excluding hydrogens is 489 g/mol. The standard InChI is InChI=1S/C22H23B2F5N2O5/c1-12-17(33-6-7-34-22(27,28)29)3-2-16(30-12)19(32)31-5-4-20(13-8-14(25)10-15(26)9-13)18(11-31)35-21(23,24)36-20/h2-3,8-10,18H,4-7,11,23-24H2,1H3. The number of rotatable bonds is 6. The molecule has 2 fully saturated rings. The summed E-state index contributed by atoms with van der Waals surface area (Å²) in [5.74, 6) is -1.66. The molecule has 36 heavy (non-hydrogen) atoms. The number of pyridine rings is 1. The van der Waals surface area contributed by atoms with Crippen LogP contribution in [0.2, 0.25) is 0 Å². The monoisotopic (exact) mass is 512 g/mol. The van der Waals surface area contributed by atoms with Crippen LogP contribution in [0.5, 0.6) is 5.75 Å². The Morgan fingerprint density at radius 3 is 2.53 bits per heavy atom. The minimum absolute atomic E-state index is 0.0914. The first-order chi connectivity index (χ1) is 16.8. The van der Waals surface area contributed by atoms with E-state index >= 15 is 0 Å². The molecule has 2 aliphatic rings. The molecule has 2 saturated heterocycles. The van der Waals surface area contributed by atoms with E-state index in [1.807, 2.05) is 0 Å². The van der Waals surface area contributed by atoms with Crippen molar-refractivity contribution in [1.29, 1.82) is 0 Å². The number of piperidine rings is 1. The molecule has 1 amide bonds. The average molecular weight is 512 g/mol. The van der Waals surface area contributed by atoms with E-state index in [-0.39, 0.29) is 37.6 Å². The highest BCUT2D eigenvalue weighted by atomic mass is 19.4. The van der Waals surface area contributed by atoms with E-state index in [9.17, 15) is 26.7 Å². The summed E-state index contributed by atoms with van der Waals surface area (Å²) in [5, 5.41) is 0. The number of carbonyl (C=O) groups excluding carboxylic acids is 1. The Morgan fingerprint density at radius 1 is 1.19 bits per heavy atom. The summed E-state index contributed by atoms with van der Waals surface area (Å²) in [5.41, 5.74) is -1.46. The van der Waals surface area contributed by atoms with Crippen LogP contribution in [-0.4, -0.2) is 75.8 Å². The predicted molar refractivity (Wildman–Crippen MR) is 121 cm³/mol. The topological polar surface area (TPSA) is 70.1 Å². The lowest BCUT2D eigenvalue weighted by molar-refractivity contribution is -0.325. The maximum atomic E-state index is 14.0. The molecule has 0 saturated carbocycles. The second-order valence-electron chi connectivity index (χ2n) is 9.08. The number of alkyl halides is 3. The lowest BCUT2D eigenvalue weighted by Gasteiger charge is -2.42. The molecule has 14 heteroatoms. The molecule has 0 spiro atoms. The zero-order chi connectivity index (χ0) is 26.3. The van der Waals surface area contributed by atoms with E-state index in [1.54, 1.807) is 22.6 Å². The number of hydrogen-bond acceptors (Lipinski definition) is 6. The first-order valence-electron chi connectivity index (χ1n) is 11.2. The van der Waals surface area contributed by atoms with Gasteiger partial charge in [0, 0.05) is 19.0 Å². The summed E-state index contributed by atoms with van der Waals surface area (Å²) in [4.78, 5) is 18.9. The zero-order valence-corrected chi connectivity index (χ0v) is 19.8. The van der Waals surface area contributed by atoms with Crippen molar-refractivity contribution >= 4 is 21.6 Å². The minimum atomic E-state index is -4.74. The van der Waals surface area contributed by atoms with Crippen molar-refractivity contribution in [2.75, 3.05) is 26.3 Å². The molecule has 192 valence electrons. The normalized spacial score (nSPS) is 23.4. The maximum Gasteiger partial charge on any atom is 0.522 e. The number of benzene rings is 1. The third kappa shape index (κ3) is 5.65. The molecule has 0 aliphatic carbocycles. The van der Waals surface area contributed by atoms with Gasteiger partial charge in [-0.05, 0) is 36.8 Å². The minimum Gasteiger partial charge on any atom is -0.489 e. The van der Waals surface area contributed by atoms with Crippen LogP contribution < -0.4 is 4.74 Å². The van der Waals surface area contributed by atoms with Gasteiger partial charge in [0.25, 0.3) is 5.91 Å². The summed E-state index contributed by atoms with van der Waals surface area (Å²) in [6, 6.07) is 6.06. The Hall–Kier alpha value is -2.70. The fourth-order valence-electron chi connectivity index (χ4n) is 4.62. The Morgan fingerprint density at radius 2 is 1.89 bits per heavy atom. The van der Waals surface area contributed by atoms with Gasteiger partial charge < -0.3 is 19.1 Å². The van der Waals surface area contributed by atoms with Gasteiger partial charge in [-0.15, -0.1) is 13.2 Å². The van der Waals surface area contributed by atoms with Crippen molar-refractivity contribution in [2.24, 2.45) is 0 Å². The van der Waals surface area contributed by atoms with Crippen molar-refractivity contribution in [1.82, 2.24) is 9.88 Å². The molecule has 0 N–H and O–H groups in total. The highest BCUT2D eigenvalue weighted by Crippen LogP contribution is 2.47. The molecule has 1 aromatic carbocycles. The summed E-state index contributed by atoms with van der Waals surface area (Å²) >= 11 is 0. The van der Waals surface area contributed by atoms with Crippen molar-refractivity contribution < 1.29 is 45.7 Å². The quantitative estimate of drug-likeness (QED) is 0.333.